The Labute approximate surface area is 139 Å². The number of hydrogen-bond donors (Lipinski definition) is 1. The Morgan fingerprint density at radius 2 is 1.88 bits per heavy atom. The molecule has 1 amide bonds. The lowest BCUT2D eigenvalue weighted by atomic mass is 9.89. The summed E-state index contributed by atoms with van der Waals surface area (Å²) in [5.74, 6) is -0.646. The lowest BCUT2D eigenvalue weighted by Crippen LogP contribution is -2.40. The van der Waals surface area contributed by atoms with Crippen molar-refractivity contribution in [1.82, 2.24) is 10.2 Å². The number of alkyl halides is 3. The fourth-order valence-corrected chi connectivity index (χ4v) is 3.43. The molecule has 2 fully saturated rings. The Bertz CT molecular complexity index is 585. The maximum atomic E-state index is 12.5. The molecule has 24 heavy (non-hydrogen) atoms. The predicted octanol–water partition coefficient (Wildman–Crippen LogP) is 2.70. The average molecular weight is 342 g/mol. The third-order valence-corrected chi connectivity index (χ3v) is 4.67. The van der Waals surface area contributed by atoms with Gasteiger partial charge in [-0.2, -0.15) is 13.2 Å². The van der Waals surface area contributed by atoms with Crippen molar-refractivity contribution in [3.63, 3.8) is 0 Å². The predicted molar refractivity (Wildman–Crippen MR) is 83.0 cm³/mol. The molecule has 1 aromatic rings. The number of halogens is 3. The van der Waals surface area contributed by atoms with E-state index in [0.717, 1.165) is 42.1 Å². The van der Waals surface area contributed by atoms with Crippen molar-refractivity contribution in [2.75, 3.05) is 26.2 Å². The van der Waals surface area contributed by atoms with Crippen LogP contribution in [-0.2, 0) is 4.79 Å². The first-order valence-corrected chi connectivity index (χ1v) is 8.27. The topological polar surface area (TPSA) is 41.6 Å². The molecule has 132 valence electrons. The minimum Gasteiger partial charge on any atom is -0.488 e. The molecule has 0 bridgehead atoms. The number of para-hydroxylation sites is 1. The minimum absolute atomic E-state index is 0.0150. The molecule has 1 aromatic carbocycles. The number of nitrogens with zero attached hydrogens (tertiary/aromatic N) is 1. The molecule has 4 nitrogen and oxygen atoms in total. The van der Waals surface area contributed by atoms with E-state index in [9.17, 15) is 18.0 Å². The van der Waals surface area contributed by atoms with Crippen molar-refractivity contribution in [2.45, 2.75) is 37.5 Å². The first-order valence-electron chi connectivity index (χ1n) is 8.27. The lowest BCUT2D eigenvalue weighted by molar-refractivity contribution is -0.184. The number of rotatable bonds is 3. The number of ether oxygens (including phenoxy) is 1. The summed E-state index contributed by atoms with van der Waals surface area (Å²) in [5, 5.41) is 3.32. The van der Waals surface area contributed by atoms with E-state index in [1.54, 1.807) is 0 Å². The standard InChI is InChI=1S/C17H21F3N2O2/c18-17(19,20)16(23)22-10-7-13(11-22)24-15-4-2-1-3-14(15)12-5-8-21-9-6-12/h1-4,12-13,21H,5-11H2. The summed E-state index contributed by atoms with van der Waals surface area (Å²) in [6, 6.07) is 7.72. The number of amides is 1. The molecule has 0 aromatic heterocycles. The zero-order valence-corrected chi connectivity index (χ0v) is 13.3. The second-order valence-corrected chi connectivity index (χ2v) is 6.34. The van der Waals surface area contributed by atoms with E-state index in [0.29, 0.717) is 12.3 Å². The lowest BCUT2D eigenvalue weighted by Gasteiger charge is -2.26. The van der Waals surface area contributed by atoms with Gasteiger partial charge in [-0.05, 0) is 43.5 Å². The summed E-state index contributed by atoms with van der Waals surface area (Å²) in [4.78, 5) is 12.1. The summed E-state index contributed by atoms with van der Waals surface area (Å²) >= 11 is 0. The Hall–Kier alpha value is -1.76. The second kappa shape index (κ2) is 7.01. The van der Waals surface area contributed by atoms with E-state index in [1.807, 2.05) is 24.3 Å². The van der Waals surface area contributed by atoms with Crippen molar-refractivity contribution in [3.8, 4) is 5.75 Å². The number of carbonyl (C=O) groups excluding carboxylic acids is 1. The molecular formula is C17H21F3N2O2. The second-order valence-electron chi connectivity index (χ2n) is 6.34. The van der Waals surface area contributed by atoms with Gasteiger partial charge >= 0.3 is 12.1 Å². The van der Waals surface area contributed by atoms with Crippen molar-refractivity contribution in [1.29, 1.82) is 0 Å². The van der Waals surface area contributed by atoms with Crippen LogP contribution in [0.25, 0.3) is 0 Å². The van der Waals surface area contributed by atoms with Gasteiger partial charge in [0.05, 0.1) is 6.54 Å². The molecule has 0 saturated carbocycles. The van der Waals surface area contributed by atoms with Crippen LogP contribution in [0, 0.1) is 0 Å². The molecule has 2 heterocycles. The molecule has 1 N–H and O–H groups in total. The zero-order valence-electron chi connectivity index (χ0n) is 13.3. The van der Waals surface area contributed by atoms with Crippen LogP contribution < -0.4 is 10.1 Å². The van der Waals surface area contributed by atoms with Crippen LogP contribution in [0.5, 0.6) is 5.75 Å². The fraction of sp³-hybridized carbons (Fsp3) is 0.588. The molecule has 1 unspecified atom stereocenters. The van der Waals surface area contributed by atoms with Gasteiger partial charge < -0.3 is 15.0 Å². The maximum Gasteiger partial charge on any atom is 0.471 e. The van der Waals surface area contributed by atoms with Gasteiger partial charge in [0.1, 0.15) is 11.9 Å². The Morgan fingerprint density at radius 1 is 1.17 bits per heavy atom. The summed E-state index contributed by atoms with van der Waals surface area (Å²) in [5.41, 5.74) is 1.11. The number of hydrogen-bond acceptors (Lipinski definition) is 3. The highest BCUT2D eigenvalue weighted by atomic mass is 19.4. The molecule has 3 rings (SSSR count). The first kappa shape index (κ1) is 17.1. The van der Waals surface area contributed by atoms with Gasteiger partial charge in [0, 0.05) is 13.0 Å². The van der Waals surface area contributed by atoms with E-state index in [1.165, 1.54) is 0 Å². The van der Waals surface area contributed by atoms with Crippen molar-refractivity contribution >= 4 is 5.91 Å². The molecule has 0 radical (unpaired) electrons. The maximum absolute atomic E-state index is 12.5. The van der Waals surface area contributed by atoms with Gasteiger partial charge in [0.15, 0.2) is 0 Å². The molecule has 2 aliphatic heterocycles. The van der Waals surface area contributed by atoms with E-state index >= 15 is 0 Å². The fourth-order valence-electron chi connectivity index (χ4n) is 3.43. The van der Waals surface area contributed by atoms with Gasteiger partial charge in [-0.3, -0.25) is 4.79 Å². The Kier molecular flexibility index (Phi) is 4.99. The van der Waals surface area contributed by atoms with Crippen LogP contribution >= 0.6 is 0 Å². The first-order chi connectivity index (χ1) is 11.4. The van der Waals surface area contributed by atoms with Crippen LogP contribution in [0.15, 0.2) is 24.3 Å². The number of likely N-dealkylation sites (tertiary alicyclic amines) is 1. The molecule has 0 aliphatic carbocycles. The highest BCUT2D eigenvalue weighted by Gasteiger charge is 2.45. The smallest absolute Gasteiger partial charge is 0.471 e. The van der Waals surface area contributed by atoms with Crippen LogP contribution in [0.4, 0.5) is 13.2 Å². The molecule has 2 saturated heterocycles. The van der Waals surface area contributed by atoms with Crippen LogP contribution in [0.3, 0.4) is 0 Å². The Morgan fingerprint density at radius 3 is 2.58 bits per heavy atom. The number of carbonyl (C=O) groups is 1. The van der Waals surface area contributed by atoms with Gasteiger partial charge in [0.2, 0.25) is 0 Å². The monoisotopic (exact) mass is 342 g/mol. The number of piperidine rings is 1. The highest BCUT2D eigenvalue weighted by Crippen LogP contribution is 2.34. The van der Waals surface area contributed by atoms with E-state index in [-0.39, 0.29) is 19.2 Å². The van der Waals surface area contributed by atoms with Crippen LogP contribution in [0.1, 0.15) is 30.7 Å². The van der Waals surface area contributed by atoms with Crippen molar-refractivity contribution in [3.05, 3.63) is 29.8 Å². The van der Waals surface area contributed by atoms with Gasteiger partial charge in [0.25, 0.3) is 0 Å². The number of nitrogens with one attached hydrogen (secondary N) is 1. The summed E-state index contributed by atoms with van der Waals surface area (Å²) in [6.07, 6.45) is -2.75. The normalized spacial score (nSPS) is 22.6. The summed E-state index contributed by atoms with van der Waals surface area (Å²) < 4.78 is 43.5. The van der Waals surface area contributed by atoms with Crippen molar-refractivity contribution < 1.29 is 22.7 Å². The molecule has 7 heteroatoms. The molecule has 1 atom stereocenters. The van der Waals surface area contributed by atoms with Crippen molar-refractivity contribution in [2.24, 2.45) is 0 Å². The molecular weight excluding hydrogens is 321 g/mol. The Balaban J connectivity index is 1.66. The average Bonchev–Trinajstić information content (AvgIpc) is 3.03. The largest absolute Gasteiger partial charge is 0.488 e. The third kappa shape index (κ3) is 3.83. The van der Waals surface area contributed by atoms with E-state index in [4.69, 9.17) is 4.74 Å². The summed E-state index contributed by atoms with van der Waals surface area (Å²) in [7, 11) is 0. The van der Waals surface area contributed by atoms with Gasteiger partial charge in [-0.1, -0.05) is 18.2 Å². The minimum atomic E-state index is -4.82. The molecule has 0 spiro atoms. The highest BCUT2D eigenvalue weighted by molar-refractivity contribution is 5.82. The van der Waals surface area contributed by atoms with Gasteiger partial charge in [-0.15, -0.1) is 0 Å². The molecule has 2 aliphatic rings. The van der Waals surface area contributed by atoms with Crippen LogP contribution in [0.2, 0.25) is 0 Å². The van der Waals surface area contributed by atoms with E-state index < -0.39 is 12.1 Å². The SMILES string of the molecule is O=C(N1CCC(Oc2ccccc2C2CCNCC2)C1)C(F)(F)F. The number of benzene rings is 1. The van der Waals surface area contributed by atoms with Gasteiger partial charge in [-0.25, -0.2) is 0 Å². The van der Waals surface area contributed by atoms with E-state index in [2.05, 4.69) is 5.32 Å². The summed E-state index contributed by atoms with van der Waals surface area (Å²) in [6.45, 7) is 1.98. The third-order valence-electron chi connectivity index (χ3n) is 4.67. The quantitative estimate of drug-likeness (QED) is 0.918. The zero-order chi connectivity index (χ0) is 17.2. The van der Waals surface area contributed by atoms with Crippen LogP contribution in [-0.4, -0.2) is 49.3 Å².